The van der Waals surface area contributed by atoms with Gasteiger partial charge in [-0.1, -0.05) is 36.2 Å². The lowest BCUT2D eigenvalue weighted by molar-refractivity contribution is -0.119. The number of ether oxygens (including phenoxy) is 2. The van der Waals surface area contributed by atoms with Gasteiger partial charge in [0.15, 0.2) is 11.5 Å². The highest BCUT2D eigenvalue weighted by molar-refractivity contribution is 7.92. The molecule has 168 valence electrons. The first kappa shape index (κ1) is 24.8. The Morgan fingerprint density at radius 1 is 1.13 bits per heavy atom. The Bertz CT molecular complexity index is 1090. The summed E-state index contributed by atoms with van der Waals surface area (Å²) in [5.74, 6) is 0.437. The molecule has 0 aliphatic heterocycles. The Morgan fingerprint density at radius 2 is 1.81 bits per heavy atom. The number of carbonyl (C=O) groups excluding carboxylic acids is 1. The number of amides is 1. The molecule has 8 nitrogen and oxygen atoms in total. The molecule has 1 amide bonds. The van der Waals surface area contributed by atoms with Crippen LogP contribution < -0.4 is 19.2 Å². The minimum absolute atomic E-state index is 0.0328. The molecule has 0 atom stereocenters. The minimum Gasteiger partial charge on any atom is -0.493 e. The lowest BCUT2D eigenvalue weighted by Gasteiger charge is -2.22. The van der Waals surface area contributed by atoms with Crippen molar-refractivity contribution in [2.75, 3.05) is 31.3 Å². The highest BCUT2D eigenvalue weighted by Crippen LogP contribution is 2.33. The van der Waals surface area contributed by atoms with E-state index in [1.54, 1.807) is 24.3 Å². The van der Waals surface area contributed by atoms with Crippen LogP contribution in [0.2, 0.25) is 10.0 Å². The molecule has 0 fully saturated rings. The molecule has 0 aliphatic carbocycles. The predicted octanol–water partition coefficient (Wildman–Crippen LogP) is 3.71. The van der Waals surface area contributed by atoms with Gasteiger partial charge < -0.3 is 9.47 Å². The highest BCUT2D eigenvalue weighted by Gasteiger charge is 2.24. The van der Waals surface area contributed by atoms with Gasteiger partial charge in [-0.25, -0.2) is 13.8 Å². The molecule has 0 bridgehead atoms. The normalized spacial score (nSPS) is 11.7. The van der Waals surface area contributed by atoms with Crippen molar-refractivity contribution in [1.29, 1.82) is 0 Å². The van der Waals surface area contributed by atoms with E-state index in [-0.39, 0.29) is 15.7 Å². The number of nitrogens with zero attached hydrogens (tertiary/aromatic N) is 2. The van der Waals surface area contributed by atoms with Crippen molar-refractivity contribution in [2.45, 2.75) is 13.3 Å². The van der Waals surface area contributed by atoms with Gasteiger partial charge in [0.05, 0.1) is 41.9 Å². The first-order chi connectivity index (χ1) is 14.6. The Morgan fingerprint density at radius 3 is 2.39 bits per heavy atom. The number of hydrogen-bond donors (Lipinski definition) is 1. The fraction of sp³-hybridized carbons (Fsp3) is 0.300. The van der Waals surface area contributed by atoms with E-state index in [2.05, 4.69) is 10.5 Å². The van der Waals surface area contributed by atoms with E-state index >= 15 is 0 Å². The summed E-state index contributed by atoms with van der Waals surface area (Å²) < 4.78 is 35.9. The zero-order valence-electron chi connectivity index (χ0n) is 17.5. The van der Waals surface area contributed by atoms with Gasteiger partial charge in [-0.05, 0) is 36.8 Å². The van der Waals surface area contributed by atoms with Crippen LogP contribution in [-0.4, -0.2) is 47.1 Å². The molecule has 2 aromatic carbocycles. The average Bonchev–Trinajstić information content (AvgIpc) is 2.73. The van der Waals surface area contributed by atoms with Crippen LogP contribution in [0.25, 0.3) is 0 Å². The maximum Gasteiger partial charge on any atom is 0.260 e. The van der Waals surface area contributed by atoms with Crippen molar-refractivity contribution < 1.29 is 22.7 Å². The summed E-state index contributed by atoms with van der Waals surface area (Å²) in [7, 11) is -0.760. The van der Waals surface area contributed by atoms with Crippen molar-refractivity contribution >= 4 is 50.5 Å². The van der Waals surface area contributed by atoms with E-state index in [0.717, 1.165) is 16.1 Å². The number of methoxy groups -OCH3 is 2. The molecule has 0 unspecified atom stereocenters. The Balaban J connectivity index is 2.26. The second-order valence-electron chi connectivity index (χ2n) is 6.36. The van der Waals surface area contributed by atoms with Gasteiger partial charge in [0.2, 0.25) is 10.0 Å². The number of nitrogens with one attached hydrogen (secondary N) is 1. The number of halogens is 2. The maximum absolute atomic E-state index is 12.5. The number of carbonyl (C=O) groups is 1. The second kappa shape index (κ2) is 10.7. The number of benzene rings is 2. The Hall–Kier alpha value is -2.49. The largest absolute Gasteiger partial charge is 0.493 e. The van der Waals surface area contributed by atoms with E-state index < -0.39 is 22.5 Å². The zero-order valence-corrected chi connectivity index (χ0v) is 19.8. The molecule has 0 heterocycles. The van der Waals surface area contributed by atoms with Crippen molar-refractivity contribution in [2.24, 2.45) is 5.10 Å². The van der Waals surface area contributed by atoms with Gasteiger partial charge >= 0.3 is 0 Å². The molecule has 0 saturated heterocycles. The summed E-state index contributed by atoms with van der Waals surface area (Å²) >= 11 is 12.1. The predicted molar refractivity (Wildman–Crippen MR) is 123 cm³/mol. The standard InChI is InChI=1S/C20H23Cl2N3O5S/c1-5-15(13-9-10-17(29-2)18(11-13)30-3)23-24-19(26)12-25(31(4,27)28)16-8-6-7-14(21)20(16)22/h6-11H,5,12H2,1-4H3,(H,24,26)/b23-15-. The number of anilines is 1. The molecule has 0 spiro atoms. The second-order valence-corrected chi connectivity index (χ2v) is 9.05. The van der Waals surface area contributed by atoms with Gasteiger partial charge in [-0.2, -0.15) is 5.10 Å². The first-order valence-corrected chi connectivity index (χ1v) is 11.7. The molecule has 0 aromatic heterocycles. The summed E-state index contributed by atoms with van der Waals surface area (Å²) in [6, 6.07) is 9.78. The third-order valence-electron chi connectivity index (χ3n) is 4.25. The summed E-state index contributed by atoms with van der Waals surface area (Å²) in [5.41, 5.74) is 3.79. The number of hydrogen-bond acceptors (Lipinski definition) is 6. The van der Waals surface area contributed by atoms with Crippen LogP contribution in [-0.2, 0) is 14.8 Å². The van der Waals surface area contributed by atoms with Crippen molar-refractivity contribution in [3.63, 3.8) is 0 Å². The molecule has 2 aromatic rings. The summed E-state index contributed by atoms with van der Waals surface area (Å²) in [4.78, 5) is 12.5. The fourth-order valence-corrected chi connectivity index (χ4v) is 4.03. The number of sulfonamides is 1. The minimum atomic E-state index is -3.81. The molecule has 2 rings (SSSR count). The van der Waals surface area contributed by atoms with E-state index in [0.29, 0.717) is 23.6 Å². The van der Waals surface area contributed by atoms with E-state index in [1.165, 1.54) is 26.4 Å². The molecule has 11 heteroatoms. The van der Waals surface area contributed by atoms with Crippen molar-refractivity contribution in [1.82, 2.24) is 5.43 Å². The first-order valence-electron chi connectivity index (χ1n) is 9.11. The topological polar surface area (TPSA) is 97.3 Å². The molecule has 0 radical (unpaired) electrons. The average molecular weight is 488 g/mol. The lowest BCUT2D eigenvalue weighted by Crippen LogP contribution is -2.39. The van der Waals surface area contributed by atoms with Crippen molar-refractivity contribution in [3.8, 4) is 11.5 Å². The fourth-order valence-electron chi connectivity index (χ4n) is 2.73. The van der Waals surface area contributed by atoms with E-state index in [1.807, 2.05) is 6.92 Å². The molecular weight excluding hydrogens is 465 g/mol. The third-order valence-corrected chi connectivity index (χ3v) is 6.19. The lowest BCUT2D eigenvalue weighted by atomic mass is 10.1. The smallest absolute Gasteiger partial charge is 0.260 e. The maximum atomic E-state index is 12.5. The Labute approximate surface area is 191 Å². The van der Waals surface area contributed by atoms with Gasteiger partial charge in [0.1, 0.15) is 6.54 Å². The molecule has 31 heavy (non-hydrogen) atoms. The van der Waals surface area contributed by atoms with E-state index in [4.69, 9.17) is 32.7 Å². The molecule has 1 N–H and O–H groups in total. The van der Waals surface area contributed by atoms with E-state index in [9.17, 15) is 13.2 Å². The molecule has 0 saturated carbocycles. The van der Waals surface area contributed by atoms with Gasteiger partial charge in [-0.3, -0.25) is 9.10 Å². The SMILES string of the molecule is CC/C(=N/NC(=O)CN(c1cccc(Cl)c1Cl)S(C)(=O)=O)c1ccc(OC)c(OC)c1. The molecular formula is C20H23Cl2N3O5S. The highest BCUT2D eigenvalue weighted by atomic mass is 35.5. The van der Waals surface area contributed by atoms with Crippen molar-refractivity contribution in [3.05, 3.63) is 52.0 Å². The van der Waals surface area contributed by atoms with Crippen LogP contribution in [0.1, 0.15) is 18.9 Å². The summed E-state index contributed by atoms with van der Waals surface area (Å²) in [6.07, 6.45) is 1.48. The third kappa shape index (κ3) is 6.25. The van der Waals surface area contributed by atoms with Gasteiger partial charge in [0.25, 0.3) is 5.91 Å². The Kier molecular flexibility index (Phi) is 8.55. The van der Waals surface area contributed by atoms with Crippen LogP contribution in [0.5, 0.6) is 11.5 Å². The quantitative estimate of drug-likeness (QED) is 0.429. The number of rotatable bonds is 9. The van der Waals surface area contributed by atoms with Crippen LogP contribution in [0, 0.1) is 0 Å². The van der Waals surface area contributed by atoms with Crippen LogP contribution in [0.4, 0.5) is 5.69 Å². The zero-order chi connectivity index (χ0) is 23.2. The number of hydrazone groups is 1. The van der Waals surface area contributed by atoms with Crippen LogP contribution >= 0.6 is 23.2 Å². The van der Waals surface area contributed by atoms with Gasteiger partial charge in [0, 0.05) is 5.56 Å². The summed E-state index contributed by atoms with van der Waals surface area (Å²) in [6.45, 7) is 1.35. The molecule has 0 aliphatic rings. The van der Waals surface area contributed by atoms with Crippen LogP contribution in [0.3, 0.4) is 0 Å². The monoisotopic (exact) mass is 487 g/mol. The van der Waals surface area contributed by atoms with Crippen LogP contribution in [0.15, 0.2) is 41.5 Å². The van der Waals surface area contributed by atoms with Gasteiger partial charge in [-0.15, -0.1) is 0 Å². The summed E-state index contributed by atoms with van der Waals surface area (Å²) in [5, 5.41) is 4.36.